The van der Waals surface area contributed by atoms with E-state index in [0.717, 1.165) is 28.3 Å². The van der Waals surface area contributed by atoms with Gasteiger partial charge in [-0.3, -0.25) is 9.36 Å². The van der Waals surface area contributed by atoms with Gasteiger partial charge in [0, 0.05) is 11.7 Å². The molecule has 0 aliphatic carbocycles. The van der Waals surface area contributed by atoms with Gasteiger partial charge in [0.25, 0.3) is 5.91 Å². The smallest absolute Gasteiger partial charge is 0.258 e. The number of aromatic nitrogens is 2. The number of fused-ring (bicyclic) bond motifs is 1. The molecule has 0 spiro atoms. The van der Waals surface area contributed by atoms with Crippen molar-refractivity contribution in [3.05, 3.63) is 84.2 Å². The molecular formula is C26H27N3O3. The molecule has 0 fully saturated rings. The summed E-state index contributed by atoms with van der Waals surface area (Å²) in [6, 6.07) is 23.1. The van der Waals surface area contributed by atoms with Crippen LogP contribution in [0.4, 0.5) is 0 Å². The number of para-hydroxylation sites is 3. The summed E-state index contributed by atoms with van der Waals surface area (Å²) in [6.45, 7) is 4.37. The van der Waals surface area contributed by atoms with Crippen LogP contribution in [0.25, 0.3) is 16.7 Å². The lowest BCUT2D eigenvalue weighted by Gasteiger charge is -2.27. The largest absolute Gasteiger partial charge is 0.497 e. The first kappa shape index (κ1) is 21.4. The molecule has 4 aromatic rings. The molecule has 0 radical (unpaired) electrons. The van der Waals surface area contributed by atoms with Crippen LogP contribution >= 0.6 is 0 Å². The molecule has 4 rings (SSSR count). The zero-order chi connectivity index (χ0) is 22.7. The third kappa shape index (κ3) is 4.04. The molecular weight excluding hydrogens is 402 g/mol. The van der Waals surface area contributed by atoms with Crippen molar-refractivity contribution in [3.8, 4) is 17.2 Å². The quantitative estimate of drug-likeness (QED) is 0.410. The Labute approximate surface area is 188 Å². The monoisotopic (exact) mass is 429 g/mol. The van der Waals surface area contributed by atoms with Crippen LogP contribution in [-0.2, 0) is 6.54 Å². The fourth-order valence-electron chi connectivity index (χ4n) is 3.82. The van der Waals surface area contributed by atoms with Gasteiger partial charge in [-0.15, -0.1) is 0 Å². The number of ether oxygens (including phenoxy) is 2. The van der Waals surface area contributed by atoms with E-state index in [0.29, 0.717) is 17.9 Å². The van der Waals surface area contributed by atoms with Crippen molar-refractivity contribution in [2.24, 2.45) is 0 Å². The SMILES string of the molecule is COc1ccc(-n2c(CN(C(=O)c3ccccc3OC)C(C)C)nc3ccccc32)cc1. The van der Waals surface area contributed by atoms with Crippen LogP contribution in [0.2, 0.25) is 0 Å². The number of imidazole rings is 1. The topological polar surface area (TPSA) is 56.6 Å². The Morgan fingerprint density at radius 2 is 1.62 bits per heavy atom. The van der Waals surface area contributed by atoms with Crippen LogP contribution < -0.4 is 9.47 Å². The lowest BCUT2D eigenvalue weighted by atomic mass is 10.1. The summed E-state index contributed by atoms with van der Waals surface area (Å²) in [5.41, 5.74) is 3.37. The van der Waals surface area contributed by atoms with Gasteiger partial charge in [0.15, 0.2) is 0 Å². The summed E-state index contributed by atoms with van der Waals surface area (Å²) in [4.78, 5) is 20.2. The predicted molar refractivity (Wildman–Crippen MR) is 126 cm³/mol. The highest BCUT2D eigenvalue weighted by Gasteiger charge is 2.25. The Bertz CT molecular complexity index is 1230. The van der Waals surface area contributed by atoms with Gasteiger partial charge in [-0.05, 0) is 62.4 Å². The van der Waals surface area contributed by atoms with Crippen LogP contribution in [-0.4, -0.2) is 40.6 Å². The Kier molecular flexibility index (Phi) is 6.12. The molecule has 0 aliphatic rings. The van der Waals surface area contributed by atoms with E-state index >= 15 is 0 Å². The molecule has 0 saturated heterocycles. The van der Waals surface area contributed by atoms with Crippen molar-refractivity contribution in [1.82, 2.24) is 14.5 Å². The summed E-state index contributed by atoms with van der Waals surface area (Å²) in [5.74, 6) is 2.04. The summed E-state index contributed by atoms with van der Waals surface area (Å²) < 4.78 is 12.8. The minimum absolute atomic E-state index is 0.0310. The molecule has 0 N–H and O–H groups in total. The van der Waals surface area contributed by atoms with Gasteiger partial charge in [0.05, 0.1) is 37.4 Å². The first-order valence-corrected chi connectivity index (χ1v) is 10.6. The van der Waals surface area contributed by atoms with Crippen molar-refractivity contribution in [1.29, 1.82) is 0 Å². The van der Waals surface area contributed by atoms with Crippen LogP contribution in [0.15, 0.2) is 72.8 Å². The summed E-state index contributed by atoms with van der Waals surface area (Å²) >= 11 is 0. The minimum atomic E-state index is -0.0919. The number of nitrogens with zero attached hydrogens (tertiary/aromatic N) is 3. The van der Waals surface area contributed by atoms with Gasteiger partial charge in [-0.2, -0.15) is 0 Å². The van der Waals surface area contributed by atoms with E-state index < -0.39 is 0 Å². The molecule has 0 atom stereocenters. The molecule has 0 saturated carbocycles. The molecule has 32 heavy (non-hydrogen) atoms. The first-order valence-electron chi connectivity index (χ1n) is 10.6. The van der Waals surface area contributed by atoms with Crippen LogP contribution in [0.3, 0.4) is 0 Å². The maximum atomic E-state index is 13.5. The average molecular weight is 430 g/mol. The van der Waals surface area contributed by atoms with Gasteiger partial charge >= 0.3 is 0 Å². The van der Waals surface area contributed by atoms with Crippen LogP contribution in [0.5, 0.6) is 11.5 Å². The van der Waals surface area contributed by atoms with E-state index in [1.807, 2.05) is 79.4 Å². The molecule has 0 bridgehead atoms. The fourth-order valence-corrected chi connectivity index (χ4v) is 3.82. The maximum absolute atomic E-state index is 13.5. The van der Waals surface area contributed by atoms with E-state index in [2.05, 4.69) is 4.57 Å². The normalized spacial score (nSPS) is 11.0. The van der Waals surface area contributed by atoms with E-state index in [9.17, 15) is 4.79 Å². The third-order valence-corrected chi connectivity index (χ3v) is 5.49. The van der Waals surface area contributed by atoms with Crippen molar-refractivity contribution in [3.63, 3.8) is 0 Å². The number of benzene rings is 3. The number of methoxy groups -OCH3 is 2. The molecule has 1 aromatic heterocycles. The molecule has 6 heteroatoms. The van der Waals surface area contributed by atoms with E-state index in [1.165, 1.54) is 0 Å². The second-order valence-corrected chi connectivity index (χ2v) is 7.78. The molecule has 0 unspecified atom stereocenters. The van der Waals surface area contributed by atoms with Gasteiger partial charge < -0.3 is 14.4 Å². The predicted octanol–water partition coefficient (Wildman–Crippen LogP) is 5.09. The Morgan fingerprint density at radius 3 is 2.31 bits per heavy atom. The van der Waals surface area contributed by atoms with E-state index in [4.69, 9.17) is 14.5 Å². The van der Waals surface area contributed by atoms with Crippen molar-refractivity contribution in [2.75, 3.05) is 14.2 Å². The summed E-state index contributed by atoms with van der Waals surface area (Å²) in [6.07, 6.45) is 0. The number of carbonyl (C=O) groups is 1. The number of hydrogen-bond donors (Lipinski definition) is 0. The van der Waals surface area contributed by atoms with Gasteiger partial charge in [0.1, 0.15) is 17.3 Å². The Morgan fingerprint density at radius 1 is 0.938 bits per heavy atom. The van der Waals surface area contributed by atoms with Gasteiger partial charge in [-0.1, -0.05) is 24.3 Å². The number of rotatable bonds is 7. The molecule has 1 heterocycles. The summed E-state index contributed by atoms with van der Waals surface area (Å²) in [5, 5.41) is 0. The molecule has 3 aromatic carbocycles. The Hall–Kier alpha value is -3.80. The molecule has 6 nitrogen and oxygen atoms in total. The number of hydrogen-bond acceptors (Lipinski definition) is 4. The first-order chi connectivity index (χ1) is 15.5. The standard InChI is InChI=1S/C26H27N3O3/c1-18(2)28(26(30)21-9-5-8-12-24(21)32-4)17-25-27-22-10-6-7-11-23(22)29(25)19-13-15-20(31-3)16-14-19/h5-16,18H,17H2,1-4H3. The summed E-state index contributed by atoms with van der Waals surface area (Å²) in [7, 11) is 3.23. The van der Waals surface area contributed by atoms with Gasteiger partial charge in [-0.25, -0.2) is 4.98 Å². The second-order valence-electron chi connectivity index (χ2n) is 7.78. The highest BCUT2D eigenvalue weighted by atomic mass is 16.5. The molecule has 0 aliphatic heterocycles. The zero-order valence-electron chi connectivity index (χ0n) is 18.8. The zero-order valence-corrected chi connectivity index (χ0v) is 18.8. The van der Waals surface area contributed by atoms with Crippen LogP contribution in [0, 0.1) is 0 Å². The fraction of sp³-hybridized carbons (Fsp3) is 0.231. The lowest BCUT2D eigenvalue weighted by Crippen LogP contribution is -2.37. The van der Waals surface area contributed by atoms with Crippen molar-refractivity contribution >= 4 is 16.9 Å². The van der Waals surface area contributed by atoms with Crippen molar-refractivity contribution < 1.29 is 14.3 Å². The average Bonchev–Trinajstić information content (AvgIpc) is 3.20. The van der Waals surface area contributed by atoms with E-state index in [-0.39, 0.29) is 11.9 Å². The number of carbonyl (C=O) groups excluding carboxylic acids is 1. The third-order valence-electron chi connectivity index (χ3n) is 5.49. The highest BCUT2D eigenvalue weighted by Crippen LogP contribution is 2.26. The van der Waals surface area contributed by atoms with Crippen molar-refractivity contribution in [2.45, 2.75) is 26.4 Å². The second kappa shape index (κ2) is 9.14. The molecule has 1 amide bonds. The van der Waals surface area contributed by atoms with E-state index in [1.54, 1.807) is 26.4 Å². The minimum Gasteiger partial charge on any atom is -0.497 e. The Balaban J connectivity index is 1.78. The maximum Gasteiger partial charge on any atom is 0.258 e. The molecule has 164 valence electrons. The van der Waals surface area contributed by atoms with Crippen LogP contribution in [0.1, 0.15) is 30.0 Å². The lowest BCUT2D eigenvalue weighted by molar-refractivity contribution is 0.0681. The van der Waals surface area contributed by atoms with Gasteiger partial charge in [0.2, 0.25) is 0 Å². The highest BCUT2D eigenvalue weighted by molar-refractivity contribution is 5.97. The number of amides is 1.